The first-order valence-corrected chi connectivity index (χ1v) is 6.74. The number of thioether (sulfide) groups is 1. The number of thiophene rings is 1. The average Bonchev–Trinajstić information content (AvgIpc) is 2.85. The predicted octanol–water partition coefficient (Wildman–Crippen LogP) is 0.461. The minimum absolute atomic E-state index is 0.188. The number of carboxylic acids is 1. The number of aliphatic carboxylic acids is 1. The topological polar surface area (TPSA) is 60.4 Å². The molecule has 0 bridgehead atoms. The van der Waals surface area contributed by atoms with Crippen molar-refractivity contribution in [3.8, 4) is 0 Å². The lowest BCUT2D eigenvalue weighted by atomic mass is 10.2. The Morgan fingerprint density at radius 2 is 2.31 bits per heavy atom. The van der Waals surface area contributed by atoms with Crippen LogP contribution in [0.15, 0.2) is 16.8 Å². The molecule has 0 spiro atoms. The first-order valence-electron chi connectivity index (χ1n) is 4.74. The van der Waals surface area contributed by atoms with E-state index >= 15 is 0 Å². The van der Waals surface area contributed by atoms with Gasteiger partial charge in [-0.3, -0.25) is 4.79 Å². The van der Waals surface area contributed by atoms with Crippen molar-refractivity contribution in [2.75, 3.05) is 5.75 Å². The van der Waals surface area contributed by atoms with Gasteiger partial charge < -0.3 is 14.8 Å². The number of nitrogens with zero attached hydrogens (tertiary/aromatic N) is 1. The highest BCUT2D eigenvalue weighted by atomic mass is 32.2. The normalized spacial score (nSPS) is 24.7. The van der Waals surface area contributed by atoms with Gasteiger partial charge in [0.15, 0.2) is 0 Å². The molecule has 2 rings (SSSR count). The highest BCUT2D eigenvalue weighted by Crippen LogP contribution is 2.41. The molecule has 1 amide bonds. The van der Waals surface area contributed by atoms with Crippen LogP contribution in [-0.4, -0.2) is 28.6 Å². The largest absolute Gasteiger partial charge is 0.548 e. The Morgan fingerprint density at radius 1 is 1.56 bits per heavy atom. The Labute approximate surface area is 101 Å². The maximum atomic E-state index is 11.5. The van der Waals surface area contributed by atoms with Crippen LogP contribution in [-0.2, 0) is 9.59 Å². The van der Waals surface area contributed by atoms with E-state index in [4.69, 9.17) is 0 Å². The molecule has 1 aromatic rings. The molecule has 0 aliphatic carbocycles. The summed E-state index contributed by atoms with van der Waals surface area (Å²) in [6, 6.07) is 1.10. The Bertz CT molecular complexity index is 404. The molecule has 0 saturated carbocycles. The summed E-state index contributed by atoms with van der Waals surface area (Å²) in [5, 5.41) is 14.6. The van der Waals surface area contributed by atoms with Crippen molar-refractivity contribution < 1.29 is 14.7 Å². The molecule has 4 nitrogen and oxygen atoms in total. The first-order chi connectivity index (χ1) is 7.61. The number of hydrogen-bond acceptors (Lipinski definition) is 5. The molecule has 1 aliphatic heterocycles. The summed E-state index contributed by atoms with van der Waals surface area (Å²) in [4.78, 5) is 23.8. The zero-order chi connectivity index (χ0) is 11.7. The molecule has 2 atom stereocenters. The van der Waals surface area contributed by atoms with Crippen molar-refractivity contribution in [1.29, 1.82) is 0 Å². The minimum atomic E-state index is -1.18. The third kappa shape index (κ3) is 1.94. The second-order valence-corrected chi connectivity index (χ2v) is 5.40. The van der Waals surface area contributed by atoms with E-state index in [1.807, 2.05) is 16.8 Å². The monoisotopic (exact) mass is 256 g/mol. The van der Waals surface area contributed by atoms with Gasteiger partial charge in [-0.25, -0.2) is 0 Å². The molecule has 0 aromatic carbocycles. The molecule has 0 radical (unpaired) electrons. The standard InChI is InChI=1S/C10H11NO3S2/c1-6(12)11-8(10(13)14)5-16-9(11)7-2-3-15-4-7/h2-4,8-9H,5H2,1H3,(H,13,14)/p-1. The van der Waals surface area contributed by atoms with Crippen LogP contribution in [0.1, 0.15) is 17.9 Å². The summed E-state index contributed by atoms with van der Waals surface area (Å²) in [6.07, 6.45) is 0. The highest BCUT2D eigenvalue weighted by Gasteiger charge is 2.37. The minimum Gasteiger partial charge on any atom is -0.548 e. The number of hydrogen-bond donors (Lipinski definition) is 0. The first kappa shape index (κ1) is 11.5. The second-order valence-electron chi connectivity index (χ2n) is 3.50. The van der Waals surface area contributed by atoms with Crippen molar-refractivity contribution in [2.45, 2.75) is 18.3 Å². The molecule has 1 aromatic heterocycles. The summed E-state index contributed by atoms with van der Waals surface area (Å²) in [7, 11) is 0. The fourth-order valence-corrected chi connectivity index (χ4v) is 3.97. The number of carboxylic acid groups (broad SMARTS) is 1. The molecular formula is C10H10NO3S2-. The van der Waals surface area contributed by atoms with Crippen molar-refractivity contribution in [3.05, 3.63) is 22.4 Å². The van der Waals surface area contributed by atoms with Crippen LogP contribution in [0.5, 0.6) is 0 Å². The van der Waals surface area contributed by atoms with Gasteiger partial charge in [-0.05, 0) is 22.4 Å². The van der Waals surface area contributed by atoms with Gasteiger partial charge in [0.2, 0.25) is 5.91 Å². The molecule has 2 heterocycles. The SMILES string of the molecule is CC(=O)N1C(C(=O)[O-])CSC1c1ccsc1. The van der Waals surface area contributed by atoms with E-state index in [-0.39, 0.29) is 11.3 Å². The zero-order valence-electron chi connectivity index (χ0n) is 8.58. The predicted molar refractivity (Wildman–Crippen MR) is 60.8 cm³/mol. The molecule has 1 fully saturated rings. The van der Waals surface area contributed by atoms with E-state index in [2.05, 4.69) is 0 Å². The Balaban J connectivity index is 2.28. The van der Waals surface area contributed by atoms with Crippen molar-refractivity contribution >= 4 is 35.0 Å². The summed E-state index contributed by atoms with van der Waals surface area (Å²) in [6.45, 7) is 1.39. The van der Waals surface area contributed by atoms with Crippen LogP contribution in [0.25, 0.3) is 0 Å². The van der Waals surface area contributed by atoms with Crippen LogP contribution >= 0.6 is 23.1 Å². The summed E-state index contributed by atoms with van der Waals surface area (Å²) < 4.78 is 0. The fourth-order valence-electron chi connectivity index (χ4n) is 1.74. The third-order valence-corrected chi connectivity index (χ3v) is 4.49. The summed E-state index contributed by atoms with van der Waals surface area (Å²) in [5.74, 6) is -1.02. The molecule has 6 heteroatoms. The van der Waals surface area contributed by atoms with Gasteiger partial charge in [-0.1, -0.05) is 0 Å². The number of carbonyl (C=O) groups excluding carboxylic acids is 2. The van der Waals surface area contributed by atoms with E-state index in [0.29, 0.717) is 5.75 Å². The Hall–Kier alpha value is -1.01. The lowest BCUT2D eigenvalue weighted by molar-refractivity contribution is -0.310. The van der Waals surface area contributed by atoms with Gasteiger partial charge in [0.05, 0.1) is 12.0 Å². The van der Waals surface area contributed by atoms with Crippen molar-refractivity contribution in [2.24, 2.45) is 0 Å². The Morgan fingerprint density at radius 3 is 2.81 bits per heavy atom. The zero-order valence-corrected chi connectivity index (χ0v) is 10.2. The quantitative estimate of drug-likeness (QED) is 0.771. The lowest BCUT2D eigenvalue weighted by Crippen LogP contribution is -2.48. The molecule has 0 N–H and O–H groups in total. The van der Waals surface area contributed by atoms with E-state index in [1.165, 1.54) is 34.9 Å². The van der Waals surface area contributed by atoms with Gasteiger partial charge in [-0.2, -0.15) is 11.3 Å². The van der Waals surface area contributed by atoms with Gasteiger partial charge in [0.1, 0.15) is 5.37 Å². The van der Waals surface area contributed by atoms with Gasteiger partial charge in [0.25, 0.3) is 0 Å². The van der Waals surface area contributed by atoms with Crippen LogP contribution in [0.3, 0.4) is 0 Å². The van der Waals surface area contributed by atoms with Gasteiger partial charge in [0, 0.05) is 12.7 Å². The molecule has 1 aliphatic rings. The van der Waals surface area contributed by atoms with E-state index < -0.39 is 12.0 Å². The van der Waals surface area contributed by atoms with Crippen LogP contribution in [0, 0.1) is 0 Å². The molecule has 86 valence electrons. The maximum absolute atomic E-state index is 11.5. The second kappa shape index (κ2) is 4.47. The Kier molecular flexibility index (Phi) is 3.20. The van der Waals surface area contributed by atoms with Gasteiger partial charge >= 0.3 is 0 Å². The summed E-state index contributed by atoms with van der Waals surface area (Å²) >= 11 is 3.00. The van der Waals surface area contributed by atoms with Crippen LogP contribution in [0.4, 0.5) is 0 Å². The number of rotatable bonds is 2. The highest BCUT2D eigenvalue weighted by molar-refractivity contribution is 7.99. The van der Waals surface area contributed by atoms with Gasteiger partial charge in [-0.15, -0.1) is 11.8 Å². The smallest absolute Gasteiger partial charge is 0.221 e. The molecule has 2 unspecified atom stereocenters. The lowest BCUT2D eigenvalue weighted by Gasteiger charge is -2.28. The molecule has 16 heavy (non-hydrogen) atoms. The average molecular weight is 256 g/mol. The molecule has 1 saturated heterocycles. The van der Waals surface area contributed by atoms with E-state index in [1.54, 1.807) is 0 Å². The number of carbonyl (C=O) groups is 2. The van der Waals surface area contributed by atoms with E-state index in [0.717, 1.165) is 5.56 Å². The third-order valence-electron chi connectivity index (χ3n) is 2.46. The van der Waals surface area contributed by atoms with Crippen LogP contribution in [0.2, 0.25) is 0 Å². The van der Waals surface area contributed by atoms with Crippen molar-refractivity contribution in [1.82, 2.24) is 4.90 Å². The van der Waals surface area contributed by atoms with Crippen molar-refractivity contribution in [3.63, 3.8) is 0 Å². The number of amides is 1. The molecular weight excluding hydrogens is 246 g/mol. The van der Waals surface area contributed by atoms with Crippen LogP contribution < -0.4 is 5.11 Å². The summed E-state index contributed by atoms with van der Waals surface area (Å²) in [5.41, 5.74) is 0.981. The maximum Gasteiger partial charge on any atom is 0.221 e. The fraction of sp³-hybridized carbons (Fsp3) is 0.400. The van der Waals surface area contributed by atoms with E-state index in [9.17, 15) is 14.7 Å².